The standard InChI is InChI=1S/C16H27FN2O2/c1-15(2,3)12-13(20)19(11-7-10-17)16(14(21)18-12)8-5-4-6-9-16/h12H,4-11H2,1-3H3,(H,18,21). The van der Waals surface area contributed by atoms with E-state index < -0.39 is 18.3 Å². The van der Waals surface area contributed by atoms with Crippen molar-refractivity contribution in [3.8, 4) is 0 Å². The maximum absolute atomic E-state index is 12.9. The van der Waals surface area contributed by atoms with Gasteiger partial charge in [0.05, 0.1) is 6.67 Å². The first-order chi connectivity index (χ1) is 9.83. The van der Waals surface area contributed by atoms with E-state index in [4.69, 9.17) is 0 Å². The molecule has 0 aromatic heterocycles. The molecule has 1 saturated carbocycles. The Morgan fingerprint density at radius 3 is 2.38 bits per heavy atom. The minimum atomic E-state index is -0.730. The van der Waals surface area contributed by atoms with E-state index in [9.17, 15) is 14.0 Å². The fourth-order valence-corrected chi connectivity index (χ4v) is 3.58. The van der Waals surface area contributed by atoms with Crippen LogP contribution in [-0.4, -0.2) is 41.5 Å². The van der Waals surface area contributed by atoms with E-state index in [1.165, 1.54) is 0 Å². The molecule has 1 saturated heterocycles. The zero-order chi connectivity index (χ0) is 15.7. The van der Waals surface area contributed by atoms with Crippen molar-refractivity contribution < 1.29 is 14.0 Å². The first-order valence-corrected chi connectivity index (χ1v) is 8.01. The van der Waals surface area contributed by atoms with Gasteiger partial charge in [-0.1, -0.05) is 40.0 Å². The van der Waals surface area contributed by atoms with Crippen molar-refractivity contribution in [3.05, 3.63) is 0 Å². The van der Waals surface area contributed by atoms with Gasteiger partial charge in [-0.15, -0.1) is 0 Å². The largest absolute Gasteiger partial charge is 0.342 e. The summed E-state index contributed by atoms with van der Waals surface area (Å²) in [7, 11) is 0. The number of alkyl halides is 1. The van der Waals surface area contributed by atoms with Crippen molar-refractivity contribution in [2.24, 2.45) is 5.41 Å². The summed E-state index contributed by atoms with van der Waals surface area (Å²) in [5.41, 5.74) is -1.07. The van der Waals surface area contributed by atoms with Gasteiger partial charge in [0.25, 0.3) is 0 Å². The summed E-state index contributed by atoms with van der Waals surface area (Å²) in [6.45, 7) is 5.73. The van der Waals surface area contributed by atoms with E-state index >= 15 is 0 Å². The Balaban J connectivity index is 2.32. The molecule has 4 nitrogen and oxygen atoms in total. The van der Waals surface area contributed by atoms with E-state index in [0.29, 0.717) is 25.8 Å². The van der Waals surface area contributed by atoms with Gasteiger partial charge >= 0.3 is 0 Å². The van der Waals surface area contributed by atoms with Crippen LogP contribution in [0.25, 0.3) is 0 Å². The Labute approximate surface area is 126 Å². The third-order valence-corrected chi connectivity index (χ3v) is 4.79. The number of nitrogens with one attached hydrogen (secondary N) is 1. The lowest BCUT2D eigenvalue weighted by atomic mass is 9.74. The molecule has 0 aromatic rings. The second-order valence-electron chi connectivity index (χ2n) is 7.40. The summed E-state index contributed by atoms with van der Waals surface area (Å²) in [5, 5.41) is 2.95. The Morgan fingerprint density at radius 2 is 1.86 bits per heavy atom. The molecule has 2 aliphatic rings. The normalized spacial score (nSPS) is 26.1. The number of carbonyl (C=O) groups excluding carboxylic acids is 2. The monoisotopic (exact) mass is 298 g/mol. The van der Waals surface area contributed by atoms with Crippen LogP contribution in [0.1, 0.15) is 59.3 Å². The van der Waals surface area contributed by atoms with Gasteiger partial charge in [-0.25, -0.2) is 0 Å². The Morgan fingerprint density at radius 1 is 1.24 bits per heavy atom. The molecular formula is C16H27FN2O2. The molecule has 1 unspecified atom stereocenters. The number of hydrogen-bond acceptors (Lipinski definition) is 2. The van der Waals surface area contributed by atoms with Crippen LogP contribution in [-0.2, 0) is 9.59 Å². The predicted molar refractivity (Wildman–Crippen MR) is 79.5 cm³/mol. The van der Waals surface area contributed by atoms with E-state index in [-0.39, 0.29) is 17.2 Å². The summed E-state index contributed by atoms with van der Waals surface area (Å²) < 4.78 is 12.6. The van der Waals surface area contributed by atoms with Gasteiger partial charge in [0.1, 0.15) is 11.6 Å². The Hall–Kier alpha value is -1.13. The average molecular weight is 298 g/mol. The molecule has 2 rings (SSSR count). The molecule has 2 amide bonds. The summed E-state index contributed by atoms with van der Waals surface area (Å²) in [6, 6.07) is -0.517. The fourth-order valence-electron chi connectivity index (χ4n) is 3.58. The second-order valence-corrected chi connectivity index (χ2v) is 7.40. The number of nitrogens with zero attached hydrogens (tertiary/aromatic N) is 1. The van der Waals surface area contributed by atoms with Crippen LogP contribution in [0.15, 0.2) is 0 Å². The molecule has 1 heterocycles. The van der Waals surface area contributed by atoms with Gasteiger partial charge in [0, 0.05) is 6.54 Å². The Kier molecular flexibility index (Phi) is 4.59. The van der Waals surface area contributed by atoms with Crippen molar-refractivity contribution >= 4 is 11.8 Å². The third kappa shape index (κ3) is 2.92. The number of piperazine rings is 1. The van der Waals surface area contributed by atoms with Crippen molar-refractivity contribution in [1.82, 2.24) is 10.2 Å². The smallest absolute Gasteiger partial charge is 0.246 e. The topological polar surface area (TPSA) is 49.4 Å². The molecule has 1 spiro atoms. The van der Waals surface area contributed by atoms with Gasteiger partial charge in [-0.3, -0.25) is 14.0 Å². The van der Waals surface area contributed by atoms with Crippen LogP contribution in [0.5, 0.6) is 0 Å². The second kappa shape index (κ2) is 5.93. The van der Waals surface area contributed by atoms with E-state index in [1.54, 1.807) is 4.90 Å². The first-order valence-electron chi connectivity index (χ1n) is 8.01. The molecular weight excluding hydrogens is 271 g/mol. The van der Waals surface area contributed by atoms with Crippen LogP contribution >= 0.6 is 0 Å². The summed E-state index contributed by atoms with van der Waals surface area (Å²) in [4.78, 5) is 27.3. The lowest BCUT2D eigenvalue weighted by Gasteiger charge is -2.52. The van der Waals surface area contributed by atoms with Crippen LogP contribution in [0, 0.1) is 5.41 Å². The Bertz CT molecular complexity index is 411. The molecule has 0 radical (unpaired) electrons. The van der Waals surface area contributed by atoms with Crippen molar-refractivity contribution in [3.63, 3.8) is 0 Å². The SMILES string of the molecule is CC(C)(C)C1NC(=O)C2(CCCCC2)N(CCCF)C1=O. The summed E-state index contributed by atoms with van der Waals surface area (Å²) >= 11 is 0. The molecule has 1 aliphatic heterocycles. The lowest BCUT2D eigenvalue weighted by molar-refractivity contribution is -0.163. The molecule has 2 fully saturated rings. The van der Waals surface area contributed by atoms with Gasteiger partial charge in [0.15, 0.2) is 0 Å². The maximum atomic E-state index is 12.9. The van der Waals surface area contributed by atoms with Crippen molar-refractivity contribution in [2.45, 2.75) is 70.9 Å². The zero-order valence-electron chi connectivity index (χ0n) is 13.4. The van der Waals surface area contributed by atoms with Crippen molar-refractivity contribution in [1.29, 1.82) is 0 Å². The third-order valence-electron chi connectivity index (χ3n) is 4.79. The number of rotatable bonds is 3. The molecule has 21 heavy (non-hydrogen) atoms. The van der Waals surface area contributed by atoms with Crippen LogP contribution in [0.4, 0.5) is 4.39 Å². The van der Waals surface area contributed by atoms with Crippen LogP contribution in [0.2, 0.25) is 0 Å². The van der Waals surface area contributed by atoms with Crippen LogP contribution < -0.4 is 5.32 Å². The molecule has 0 aromatic carbocycles. The van der Waals surface area contributed by atoms with Crippen molar-refractivity contribution in [2.75, 3.05) is 13.2 Å². The summed E-state index contributed by atoms with van der Waals surface area (Å²) in [5.74, 6) is -0.0852. The highest BCUT2D eigenvalue weighted by atomic mass is 19.1. The number of halogens is 1. The zero-order valence-corrected chi connectivity index (χ0v) is 13.4. The molecule has 1 aliphatic carbocycles. The van der Waals surface area contributed by atoms with Gasteiger partial charge < -0.3 is 10.2 Å². The van der Waals surface area contributed by atoms with Gasteiger partial charge in [0.2, 0.25) is 11.8 Å². The minimum Gasteiger partial charge on any atom is -0.342 e. The van der Waals surface area contributed by atoms with Gasteiger partial charge in [-0.05, 0) is 24.7 Å². The predicted octanol–water partition coefficient (Wildman–Crippen LogP) is 2.42. The molecule has 0 bridgehead atoms. The average Bonchev–Trinajstić information content (AvgIpc) is 2.43. The molecule has 1 N–H and O–H groups in total. The number of hydrogen-bond donors (Lipinski definition) is 1. The van der Waals surface area contributed by atoms with E-state index in [2.05, 4.69) is 5.32 Å². The highest BCUT2D eigenvalue weighted by molar-refractivity contribution is 6.00. The van der Waals surface area contributed by atoms with Gasteiger partial charge in [-0.2, -0.15) is 0 Å². The summed E-state index contributed by atoms with van der Waals surface area (Å²) in [6.07, 6.45) is 4.71. The first kappa shape index (κ1) is 16.2. The van der Waals surface area contributed by atoms with E-state index in [1.807, 2.05) is 20.8 Å². The highest BCUT2D eigenvalue weighted by Gasteiger charge is 2.54. The molecule has 120 valence electrons. The van der Waals surface area contributed by atoms with E-state index in [0.717, 1.165) is 19.3 Å². The number of amides is 2. The minimum absolute atomic E-state index is 0.0411. The molecule has 1 atom stereocenters. The highest BCUT2D eigenvalue weighted by Crippen LogP contribution is 2.39. The maximum Gasteiger partial charge on any atom is 0.246 e. The number of carbonyl (C=O) groups is 2. The molecule has 5 heteroatoms. The fraction of sp³-hybridized carbons (Fsp3) is 0.875. The quantitative estimate of drug-likeness (QED) is 0.870. The van der Waals surface area contributed by atoms with Crippen LogP contribution in [0.3, 0.4) is 0 Å². The lowest BCUT2D eigenvalue weighted by Crippen LogP contribution is -2.73.